The summed E-state index contributed by atoms with van der Waals surface area (Å²) in [5.74, 6) is -0.560. The molecule has 3 N–H and O–H groups in total. The summed E-state index contributed by atoms with van der Waals surface area (Å²) in [5, 5.41) is 15.8. The first-order chi connectivity index (χ1) is 14.0. The third-order valence-corrected chi connectivity index (χ3v) is 4.36. The number of carboxylic acid groups (broad SMARTS) is 1. The summed E-state index contributed by atoms with van der Waals surface area (Å²) in [6, 6.07) is 7.65. The number of carbonyl (C=O) groups excluding carboxylic acids is 1. The molecule has 0 heterocycles. The van der Waals surface area contributed by atoms with E-state index >= 15 is 0 Å². The number of benzene rings is 2. The van der Waals surface area contributed by atoms with Crippen molar-refractivity contribution in [2.24, 2.45) is 0 Å². The van der Waals surface area contributed by atoms with Gasteiger partial charge in [-0.3, -0.25) is 4.79 Å². The normalized spacial score (nSPS) is 11.0. The van der Waals surface area contributed by atoms with Crippen LogP contribution in [0.1, 0.15) is 36.7 Å². The molecule has 30 heavy (non-hydrogen) atoms. The zero-order chi connectivity index (χ0) is 22.5. The quantitative estimate of drug-likeness (QED) is 0.538. The molecule has 0 unspecified atom stereocenters. The van der Waals surface area contributed by atoms with E-state index in [2.05, 4.69) is 10.6 Å². The Hall–Kier alpha value is -2.64. The fourth-order valence-corrected chi connectivity index (χ4v) is 3.26. The van der Waals surface area contributed by atoms with E-state index in [1.165, 1.54) is 25.3 Å². The summed E-state index contributed by atoms with van der Waals surface area (Å²) < 4.78 is 10.9. The molecule has 0 saturated heterocycles. The second-order valence-corrected chi connectivity index (χ2v) is 8.38. The third kappa shape index (κ3) is 6.71. The molecule has 0 aliphatic rings. The fourth-order valence-electron chi connectivity index (χ4n) is 2.67. The molecule has 2 rings (SSSR count). The van der Waals surface area contributed by atoms with Gasteiger partial charge in [-0.1, -0.05) is 23.2 Å². The third-order valence-electron chi connectivity index (χ3n) is 3.86. The Morgan fingerprint density at radius 2 is 1.83 bits per heavy atom. The van der Waals surface area contributed by atoms with E-state index in [0.717, 1.165) is 0 Å². The van der Waals surface area contributed by atoms with Crippen LogP contribution in [0, 0.1) is 0 Å². The average Bonchev–Trinajstić information content (AvgIpc) is 2.63. The van der Waals surface area contributed by atoms with E-state index in [1.807, 2.05) is 20.8 Å². The molecule has 0 aliphatic heterocycles. The number of methoxy groups -OCH3 is 1. The molecule has 9 heteroatoms. The zero-order valence-electron chi connectivity index (χ0n) is 17.1. The van der Waals surface area contributed by atoms with Crippen molar-refractivity contribution in [3.8, 4) is 11.5 Å². The largest absolute Gasteiger partial charge is 0.495 e. The standard InChI is InChI=1S/C21H24Cl2N2O5/c1-21(2,3)25-18(26)11-30-19-13(7-14(22)9-15(19)23)10-24-16-8-12(20(27)28)5-6-17(16)29-4/h5-9,24H,10-11H2,1-4H3,(H,25,26)(H,27,28). The minimum absolute atomic E-state index is 0.109. The van der Waals surface area contributed by atoms with Gasteiger partial charge in [-0.05, 0) is 51.1 Å². The van der Waals surface area contributed by atoms with Crippen LogP contribution >= 0.6 is 23.2 Å². The Bertz CT molecular complexity index is 942. The predicted octanol–water partition coefficient (Wildman–Crippen LogP) is 4.61. The number of rotatable bonds is 8. The molecule has 2 aromatic carbocycles. The summed E-state index contributed by atoms with van der Waals surface area (Å²) in [4.78, 5) is 23.3. The first-order valence-electron chi connectivity index (χ1n) is 9.07. The lowest BCUT2D eigenvalue weighted by atomic mass is 10.1. The van der Waals surface area contributed by atoms with Crippen LogP contribution in [-0.4, -0.2) is 36.2 Å². The van der Waals surface area contributed by atoms with Crippen LogP contribution in [0.15, 0.2) is 30.3 Å². The van der Waals surface area contributed by atoms with Gasteiger partial charge in [-0.25, -0.2) is 4.79 Å². The molecule has 0 atom stereocenters. The number of ether oxygens (including phenoxy) is 2. The predicted molar refractivity (Wildman–Crippen MR) is 117 cm³/mol. The van der Waals surface area contributed by atoms with Gasteiger partial charge in [0.25, 0.3) is 5.91 Å². The van der Waals surface area contributed by atoms with E-state index in [4.69, 9.17) is 32.7 Å². The smallest absolute Gasteiger partial charge is 0.335 e. The van der Waals surface area contributed by atoms with E-state index in [1.54, 1.807) is 12.1 Å². The highest BCUT2D eigenvalue weighted by Crippen LogP contribution is 2.34. The lowest BCUT2D eigenvalue weighted by molar-refractivity contribution is -0.124. The van der Waals surface area contributed by atoms with Gasteiger partial charge in [0, 0.05) is 22.7 Å². The molecular formula is C21H24Cl2N2O5. The highest BCUT2D eigenvalue weighted by atomic mass is 35.5. The Balaban J connectivity index is 2.23. The van der Waals surface area contributed by atoms with Gasteiger partial charge in [-0.15, -0.1) is 0 Å². The fraction of sp³-hybridized carbons (Fsp3) is 0.333. The van der Waals surface area contributed by atoms with Crippen molar-refractivity contribution >= 4 is 40.8 Å². The van der Waals surface area contributed by atoms with E-state index in [-0.39, 0.29) is 35.2 Å². The summed E-state index contributed by atoms with van der Waals surface area (Å²) in [6.45, 7) is 5.59. The first-order valence-corrected chi connectivity index (χ1v) is 9.82. The highest BCUT2D eigenvalue weighted by molar-refractivity contribution is 6.35. The minimum Gasteiger partial charge on any atom is -0.495 e. The average molecular weight is 455 g/mol. The molecule has 0 saturated carbocycles. The monoisotopic (exact) mass is 454 g/mol. The second kappa shape index (κ2) is 9.91. The summed E-state index contributed by atoms with van der Waals surface area (Å²) in [6.07, 6.45) is 0. The summed E-state index contributed by atoms with van der Waals surface area (Å²) in [7, 11) is 1.49. The van der Waals surface area contributed by atoms with Crippen LogP contribution < -0.4 is 20.1 Å². The number of anilines is 1. The molecule has 162 valence electrons. The van der Waals surface area contributed by atoms with Gasteiger partial charge >= 0.3 is 5.97 Å². The number of nitrogens with one attached hydrogen (secondary N) is 2. The Kier molecular flexibility index (Phi) is 7.81. The van der Waals surface area contributed by atoms with Crippen LogP contribution in [0.25, 0.3) is 0 Å². The number of aromatic carboxylic acids is 1. The first kappa shape index (κ1) is 23.6. The number of carbonyl (C=O) groups is 2. The van der Waals surface area contributed by atoms with Gasteiger partial charge in [0.15, 0.2) is 6.61 Å². The second-order valence-electron chi connectivity index (χ2n) is 7.54. The van der Waals surface area contributed by atoms with E-state index < -0.39 is 5.97 Å². The van der Waals surface area contributed by atoms with Gasteiger partial charge in [-0.2, -0.15) is 0 Å². The molecule has 1 amide bonds. The summed E-state index contributed by atoms with van der Waals surface area (Å²) >= 11 is 12.4. The van der Waals surface area contributed by atoms with Crippen molar-refractivity contribution in [3.05, 3.63) is 51.5 Å². The van der Waals surface area contributed by atoms with Crippen molar-refractivity contribution in [1.82, 2.24) is 5.32 Å². The molecule has 0 spiro atoms. The molecule has 2 aromatic rings. The molecular weight excluding hydrogens is 431 g/mol. The Morgan fingerprint density at radius 3 is 2.43 bits per heavy atom. The number of carboxylic acids is 1. The summed E-state index contributed by atoms with van der Waals surface area (Å²) in [5.41, 5.74) is 0.793. The topological polar surface area (TPSA) is 96.9 Å². The lowest BCUT2D eigenvalue weighted by Gasteiger charge is -2.21. The number of halogens is 2. The maximum Gasteiger partial charge on any atom is 0.335 e. The van der Waals surface area contributed by atoms with Crippen molar-refractivity contribution in [1.29, 1.82) is 0 Å². The maximum absolute atomic E-state index is 12.1. The van der Waals surface area contributed by atoms with Gasteiger partial charge in [0.05, 0.1) is 23.4 Å². The van der Waals surface area contributed by atoms with Crippen LogP contribution in [0.2, 0.25) is 10.0 Å². The van der Waals surface area contributed by atoms with Crippen molar-refractivity contribution in [2.75, 3.05) is 19.0 Å². The van der Waals surface area contributed by atoms with Crippen molar-refractivity contribution in [3.63, 3.8) is 0 Å². The van der Waals surface area contributed by atoms with Crippen molar-refractivity contribution < 1.29 is 24.2 Å². The number of hydrogen-bond acceptors (Lipinski definition) is 5. The van der Waals surface area contributed by atoms with E-state index in [0.29, 0.717) is 27.8 Å². The maximum atomic E-state index is 12.1. The SMILES string of the molecule is COc1ccc(C(=O)O)cc1NCc1cc(Cl)cc(Cl)c1OCC(=O)NC(C)(C)C. The molecule has 0 aliphatic carbocycles. The van der Waals surface area contributed by atoms with Gasteiger partial charge in [0.1, 0.15) is 11.5 Å². The lowest BCUT2D eigenvalue weighted by Crippen LogP contribution is -2.43. The molecule has 0 radical (unpaired) electrons. The number of hydrogen-bond donors (Lipinski definition) is 3. The van der Waals surface area contributed by atoms with Crippen molar-refractivity contribution in [2.45, 2.75) is 32.9 Å². The molecule has 0 fully saturated rings. The van der Waals surface area contributed by atoms with Crippen LogP contribution in [-0.2, 0) is 11.3 Å². The van der Waals surface area contributed by atoms with Gasteiger partial charge in [0.2, 0.25) is 0 Å². The molecule has 0 aromatic heterocycles. The Labute approximate surface area is 185 Å². The van der Waals surface area contributed by atoms with E-state index in [9.17, 15) is 14.7 Å². The number of amides is 1. The molecule has 7 nitrogen and oxygen atoms in total. The van der Waals surface area contributed by atoms with Crippen LogP contribution in [0.3, 0.4) is 0 Å². The van der Waals surface area contributed by atoms with Crippen LogP contribution in [0.5, 0.6) is 11.5 Å². The van der Waals surface area contributed by atoms with Crippen LogP contribution in [0.4, 0.5) is 5.69 Å². The molecule has 0 bridgehead atoms. The highest BCUT2D eigenvalue weighted by Gasteiger charge is 2.17. The van der Waals surface area contributed by atoms with Gasteiger partial charge < -0.3 is 25.2 Å². The zero-order valence-corrected chi connectivity index (χ0v) is 18.6. The Morgan fingerprint density at radius 1 is 1.13 bits per heavy atom. The minimum atomic E-state index is -1.06.